The van der Waals surface area contributed by atoms with Gasteiger partial charge in [-0.15, -0.1) is 0 Å². The molecule has 0 radical (unpaired) electrons. The van der Waals surface area contributed by atoms with Crippen LogP contribution in [0.25, 0.3) is 0 Å². The molecule has 1 aromatic rings. The third kappa shape index (κ3) is 3.06. The Morgan fingerprint density at radius 1 is 1.46 bits per heavy atom. The maximum Gasteiger partial charge on any atom is 0.275 e. The summed E-state index contributed by atoms with van der Waals surface area (Å²) >= 11 is -1.49. The molecule has 5 heteroatoms. The first kappa shape index (κ1) is 10.0. The second-order valence-electron chi connectivity index (χ2n) is 2.31. The first-order valence-electron chi connectivity index (χ1n) is 3.70. The molecule has 0 bridgehead atoms. The Hall–Kier alpha value is -1.04. The van der Waals surface area contributed by atoms with Crippen molar-refractivity contribution in [1.29, 1.82) is 0 Å². The molecule has 70 valence electrons. The van der Waals surface area contributed by atoms with Crippen molar-refractivity contribution in [2.75, 3.05) is 6.54 Å². The number of hydrogen-bond donors (Lipinski definition) is 2. The van der Waals surface area contributed by atoms with E-state index in [2.05, 4.69) is 4.72 Å². The molecule has 0 aromatic heterocycles. The largest absolute Gasteiger partial charge is 0.588 e. The molecule has 13 heavy (non-hydrogen) atoms. The maximum atomic E-state index is 11.3. The van der Waals surface area contributed by atoms with Crippen LogP contribution in [0.1, 0.15) is 0 Å². The van der Waals surface area contributed by atoms with Crippen LogP contribution in [0, 0.1) is 0 Å². The zero-order chi connectivity index (χ0) is 9.68. The van der Waals surface area contributed by atoms with Crippen molar-refractivity contribution in [3.05, 3.63) is 30.3 Å². The van der Waals surface area contributed by atoms with Gasteiger partial charge in [-0.05, 0) is 12.1 Å². The van der Waals surface area contributed by atoms with Crippen LogP contribution in [-0.4, -0.2) is 17.0 Å². The highest BCUT2D eigenvalue weighted by molar-refractivity contribution is 7.90. The van der Waals surface area contributed by atoms with E-state index in [4.69, 9.17) is 5.73 Å². The summed E-state index contributed by atoms with van der Waals surface area (Å²) in [7, 11) is 0. The van der Waals surface area contributed by atoms with Crippen LogP contribution in [0.4, 0.5) is 0 Å². The molecule has 3 N–H and O–H groups in total. The summed E-state index contributed by atoms with van der Waals surface area (Å²) in [5.74, 6) is -0.429. The zero-order valence-corrected chi connectivity index (χ0v) is 7.71. The molecule has 0 aliphatic carbocycles. The smallest absolute Gasteiger partial charge is 0.275 e. The molecular weight excluding hydrogens is 188 g/mol. The van der Waals surface area contributed by atoms with Gasteiger partial charge >= 0.3 is 0 Å². The Labute approximate surface area is 79.4 Å². The van der Waals surface area contributed by atoms with Crippen molar-refractivity contribution in [1.82, 2.24) is 4.72 Å². The number of rotatable bonds is 3. The van der Waals surface area contributed by atoms with Crippen molar-refractivity contribution in [3.63, 3.8) is 0 Å². The SMILES string of the molecule is NCC(=O)N[S+]([O-])c1ccccc1. The van der Waals surface area contributed by atoms with Crippen molar-refractivity contribution in [3.8, 4) is 0 Å². The fourth-order valence-corrected chi connectivity index (χ4v) is 1.56. The highest BCUT2D eigenvalue weighted by Gasteiger charge is 2.12. The van der Waals surface area contributed by atoms with Crippen molar-refractivity contribution >= 4 is 17.3 Å². The van der Waals surface area contributed by atoms with Gasteiger partial charge in [0.2, 0.25) is 0 Å². The quantitative estimate of drug-likeness (QED) is 0.659. The molecule has 1 amide bonds. The van der Waals surface area contributed by atoms with E-state index in [0.717, 1.165) is 0 Å². The van der Waals surface area contributed by atoms with E-state index in [1.807, 2.05) is 6.07 Å². The molecule has 0 saturated carbocycles. The summed E-state index contributed by atoms with van der Waals surface area (Å²) in [6.45, 7) is -0.154. The molecule has 0 aliphatic heterocycles. The molecule has 4 nitrogen and oxygen atoms in total. The van der Waals surface area contributed by atoms with E-state index in [-0.39, 0.29) is 6.54 Å². The van der Waals surface area contributed by atoms with Crippen molar-refractivity contribution < 1.29 is 9.35 Å². The van der Waals surface area contributed by atoms with Gasteiger partial charge in [0.05, 0.1) is 6.54 Å². The van der Waals surface area contributed by atoms with Gasteiger partial charge in [0.25, 0.3) is 5.91 Å². The minimum absolute atomic E-state index is 0.154. The van der Waals surface area contributed by atoms with Crippen LogP contribution in [0.5, 0.6) is 0 Å². The van der Waals surface area contributed by atoms with E-state index >= 15 is 0 Å². The topological polar surface area (TPSA) is 78.2 Å². The van der Waals surface area contributed by atoms with Gasteiger partial charge in [0.1, 0.15) is 11.4 Å². The van der Waals surface area contributed by atoms with Gasteiger partial charge in [-0.25, -0.2) is 0 Å². The molecule has 0 fully saturated rings. The first-order valence-corrected chi connectivity index (χ1v) is 4.85. The van der Waals surface area contributed by atoms with E-state index in [1.54, 1.807) is 24.3 Å². The molecule has 0 saturated heterocycles. The second kappa shape index (κ2) is 4.86. The van der Waals surface area contributed by atoms with Gasteiger partial charge < -0.3 is 10.3 Å². The lowest BCUT2D eigenvalue weighted by Gasteiger charge is -2.08. The standard InChI is InChI=1S/C8H10N2O2S/c9-6-8(11)10-13(12)7-4-2-1-3-5-7/h1-5H,6,9H2,(H,10,11). The molecule has 0 aliphatic rings. The van der Waals surface area contributed by atoms with E-state index < -0.39 is 17.3 Å². The fraction of sp³-hybridized carbons (Fsp3) is 0.125. The van der Waals surface area contributed by atoms with Crippen LogP contribution in [-0.2, 0) is 16.2 Å². The molecule has 1 unspecified atom stereocenters. The van der Waals surface area contributed by atoms with Crippen LogP contribution >= 0.6 is 0 Å². The van der Waals surface area contributed by atoms with Gasteiger partial charge in [0.15, 0.2) is 4.90 Å². The Kier molecular flexibility index (Phi) is 3.75. The average molecular weight is 198 g/mol. The summed E-state index contributed by atoms with van der Waals surface area (Å²) < 4.78 is 13.6. The van der Waals surface area contributed by atoms with Crippen molar-refractivity contribution in [2.45, 2.75) is 4.90 Å². The maximum absolute atomic E-state index is 11.3. The van der Waals surface area contributed by atoms with Crippen LogP contribution in [0.3, 0.4) is 0 Å². The lowest BCUT2D eigenvalue weighted by atomic mass is 10.4. The highest BCUT2D eigenvalue weighted by atomic mass is 32.2. The second-order valence-corrected chi connectivity index (χ2v) is 3.52. The lowest BCUT2D eigenvalue weighted by molar-refractivity contribution is -0.118. The number of carbonyl (C=O) groups is 1. The normalized spacial score (nSPS) is 12.2. The average Bonchev–Trinajstić information content (AvgIpc) is 2.19. The summed E-state index contributed by atoms with van der Waals surface area (Å²) in [6.07, 6.45) is 0. The van der Waals surface area contributed by atoms with Gasteiger partial charge in [-0.3, -0.25) is 4.79 Å². The summed E-state index contributed by atoms with van der Waals surface area (Å²) in [5, 5.41) is 0. The van der Waals surface area contributed by atoms with Crippen molar-refractivity contribution in [2.24, 2.45) is 5.73 Å². The number of nitrogens with two attached hydrogens (primary N) is 1. The molecular formula is C8H10N2O2S. The van der Waals surface area contributed by atoms with Gasteiger partial charge in [-0.2, -0.15) is 4.72 Å². The third-order valence-electron chi connectivity index (χ3n) is 1.35. The molecule has 1 rings (SSSR count). The number of nitrogens with one attached hydrogen (secondary N) is 1. The Morgan fingerprint density at radius 3 is 2.62 bits per heavy atom. The Morgan fingerprint density at radius 2 is 2.08 bits per heavy atom. The molecule has 1 atom stereocenters. The first-order chi connectivity index (χ1) is 6.24. The van der Waals surface area contributed by atoms with Crippen LogP contribution in [0.2, 0.25) is 0 Å². The summed E-state index contributed by atoms with van der Waals surface area (Å²) in [5.41, 5.74) is 5.05. The van der Waals surface area contributed by atoms with Crippen LogP contribution in [0.15, 0.2) is 35.2 Å². The van der Waals surface area contributed by atoms with Crippen LogP contribution < -0.4 is 10.5 Å². The number of carbonyl (C=O) groups excluding carboxylic acids is 1. The van der Waals surface area contributed by atoms with E-state index in [1.165, 1.54) is 0 Å². The van der Waals surface area contributed by atoms with Gasteiger partial charge in [-0.1, -0.05) is 18.2 Å². The number of hydrogen-bond acceptors (Lipinski definition) is 3. The Bertz CT molecular complexity index is 279. The number of benzene rings is 1. The third-order valence-corrected chi connectivity index (χ3v) is 2.46. The predicted molar refractivity (Wildman–Crippen MR) is 50.0 cm³/mol. The van der Waals surface area contributed by atoms with Gasteiger partial charge in [0, 0.05) is 0 Å². The molecule has 0 heterocycles. The van der Waals surface area contributed by atoms with E-state index in [9.17, 15) is 9.35 Å². The minimum Gasteiger partial charge on any atom is -0.588 e. The molecule has 0 spiro atoms. The monoisotopic (exact) mass is 198 g/mol. The lowest BCUT2D eigenvalue weighted by Crippen LogP contribution is -2.35. The van der Waals surface area contributed by atoms with E-state index in [0.29, 0.717) is 4.90 Å². The minimum atomic E-state index is -1.49. The Balaban J connectivity index is 2.59. The fourth-order valence-electron chi connectivity index (χ4n) is 0.748. The highest BCUT2D eigenvalue weighted by Crippen LogP contribution is 2.06. The summed E-state index contributed by atoms with van der Waals surface area (Å²) in [6, 6.07) is 8.66. The zero-order valence-electron chi connectivity index (χ0n) is 6.90. The predicted octanol–water partition coefficient (Wildman–Crippen LogP) is -0.216. The molecule has 1 aromatic carbocycles. The summed E-state index contributed by atoms with van der Waals surface area (Å²) in [4.78, 5) is 11.3. The number of amides is 1.